The van der Waals surface area contributed by atoms with E-state index in [0.717, 1.165) is 108 Å². The van der Waals surface area contributed by atoms with Crippen molar-refractivity contribution in [2.45, 2.75) is 107 Å². The van der Waals surface area contributed by atoms with Gasteiger partial charge in [-0.3, -0.25) is 24.7 Å². The number of ether oxygens (including phenoxy) is 4. The molecule has 2 aromatic heterocycles. The van der Waals surface area contributed by atoms with Crippen molar-refractivity contribution in [2.24, 2.45) is 17.3 Å². The van der Waals surface area contributed by atoms with Gasteiger partial charge in [0.05, 0.1) is 33.7 Å². The molecule has 12 rings (SSSR count). The minimum Gasteiger partial charge on any atom is -0.468 e. The number of amides is 1. The minimum atomic E-state index is -4.60. The Morgan fingerprint density at radius 1 is 0.870 bits per heavy atom. The van der Waals surface area contributed by atoms with E-state index in [9.17, 15) is 23.3 Å². The maximum atomic E-state index is 14.8. The van der Waals surface area contributed by atoms with E-state index in [-0.39, 0.29) is 28.6 Å². The maximum absolute atomic E-state index is 14.8. The third kappa shape index (κ3) is 10.6. The summed E-state index contributed by atoms with van der Waals surface area (Å²) < 4.78 is 54.4. The van der Waals surface area contributed by atoms with E-state index in [4.69, 9.17) is 23.9 Å². The lowest BCUT2D eigenvalue weighted by Crippen LogP contribution is -2.60. The van der Waals surface area contributed by atoms with Crippen molar-refractivity contribution in [1.82, 2.24) is 24.5 Å². The lowest BCUT2D eigenvalue weighted by atomic mass is 9.59. The second-order valence-electron chi connectivity index (χ2n) is 23.1. The number of rotatable bonds is 14. The third-order valence-electron chi connectivity index (χ3n) is 18.1. The van der Waals surface area contributed by atoms with E-state index in [1.54, 1.807) is 6.07 Å². The molecule has 5 saturated heterocycles. The summed E-state index contributed by atoms with van der Waals surface area (Å²) in [6.07, 6.45) is 10.4. The standard InChI is InChI=1S/C58H73N9O9S/c1-38(2)45-5-3-4-6-46(45)53-36-63(35-40-14-26-74-27-15-40)22-23-65(53)43-32-58(33-43)17-20-64(21-18-58)42-7-9-47(50(30-42)66-49-16-28-75-37-54(49)76-57-52(66)29-41-11-19-59-55(41)61-57)56(68)62-77(71,72)44-8-10-48(51(31-44)67(69)70)60-34-39-12-24-73-25-13-39/h3-11,19,29-31,38-40,43,49,53-54,60H,12-18,20-28,32-37H2,1-2H3,(H,59,61)(H,62,68)/t49-,53-,54-/m0/s1. The van der Waals surface area contributed by atoms with Gasteiger partial charge < -0.3 is 39.0 Å². The first-order valence-corrected chi connectivity index (χ1v) is 29.6. The number of nitro groups is 1. The van der Waals surface area contributed by atoms with Crippen molar-refractivity contribution in [3.05, 3.63) is 106 Å². The summed E-state index contributed by atoms with van der Waals surface area (Å²) >= 11 is 0. The number of carbonyl (C=O) groups excluding carboxylic acids is 1. The van der Waals surface area contributed by atoms with Crippen LogP contribution in [-0.4, -0.2) is 143 Å². The number of piperazine rings is 1. The fourth-order valence-corrected chi connectivity index (χ4v) is 14.7. The van der Waals surface area contributed by atoms with Crippen LogP contribution in [-0.2, 0) is 24.2 Å². The highest BCUT2D eigenvalue weighted by Gasteiger charge is 2.50. The van der Waals surface area contributed by atoms with Gasteiger partial charge in [-0.15, -0.1) is 0 Å². The second-order valence-corrected chi connectivity index (χ2v) is 24.8. The molecule has 7 aliphatic rings. The number of carbonyl (C=O) groups is 1. The molecular formula is C58H73N9O9S. The van der Waals surface area contributed by atoms with Crippen LogP contribution in [0.1, 0.15) is 105 Å². The Kier molecular flexibility index (Phi) is 14.7. The van der Waals surface area contributed by atoms with Gasteiger partial charge in [-0.2, -0.15) is 4.98 Å². The predicted octanol–water partition coefficient (Wildman–Crippen LogP) is 8.77. The molecule has 77 heavy (non-hydrogen) atoms. The molecule has 1 aliphatic carbocycles. The molecule has 0 radical (unpaired) electrons. The van der Waals surface area contributed by atoms with Gasteiger partial charge in [0.1, 0.15) is 23.1 Å². The van der Waals surface area contributed by atoms with Gasteiger partial charge in [0.25, 0.3) is 21.6 Å². The number of pyridine rings is 1. The van der Waals surface area contributed by atoms with E-state index in [0.29, 0.717) is 86.2 Å². The molecule has 410 valence electrons. The van der Waals surface area contributed by atoms with Gasteiger partial charge in [-0.25, -0.2) is 13.1 Å². The molecular weight excluding hydrogens is 999 g/mol. The van der Waals surface area contributed by atoms with E-state index < -0.39 is 37.5 Å². The first-order valence-electron chi connectivity index (χ1n) is 28.1. The Morgan fingerprint density at radius 2 is 1.62 bits per heavy atom. The molecule has 18 nitrogen and oxygen atoms in total. The molecule has 1 amide bonds. The van der Waals surface area contributed by atoms with E-state index in [1.165, 1.54) is 36.1 Å². The molecule has 1 spiro atoms. The number of hydrogen-bond donors (Lipinski definition) is 3. The third-order valence-corrected chi connectivity index (χ3v) is 19.4. The monoisotopic (exact) mass is 1070 g/mol. The molecule has 8 heterocycles. The molecule has 19 heteroatoms. The van der Waals surface area contributed by atoms with Crippen molar-refractivity contribution in [3.63, 3.8) is 0 Å². The summed E-state index contributed by atoms with van der Waals surface area (Å²) in [6.45, 7) is 15.0. The fraction of sp³-hybridized carbons (Fsp3) is 0.552. The van der Waals surface area contributed by atoms with Crippen LogP contribution in [0.25, 0.3) is 11.0 Å². The molecule has 1 saturated carbocycles. The summed E-state index contributed by atoms with van der Waals surface area (Å²) in [4.78, 5) is 44.3. The number of sulfonamides is 1. The summed E-state index contributed by atoms with van der Waals surface area (Å²) in [5.41, 5.74) is 5.89. The normalized spacial score (nSPS) is 23.8. The number of piperidine rings is 1. The summed E-state index contributed by atoms with van der Waals surface area (Å²) in [6, 6.07) is 23.0. The van der Waals surface area contributed by atoms with Crippen molar-refractivity contribution in [3.8, 4) is 5.88 Å². The summed E-state index contributed by atoms with van der Waals surface area (Å²) in [5.74, 6) is 0.928. The predicted molar refractivity (Wildman–Crippen MR) is 295 cm³/mol. The SMILES string of the molecule is CC(C)c1ccccc1[C@@H]1CN(CC2CCOCC2)CCN1C1CC2(CCN(c3ccc(C(=O)NS(=O)(=O)c4ccc(NCC5CCOCC5)c([N+](=O)[O-])c4)c(N4c5cc6cc[nH]c6nc5O[C@H]5COCC[C@@H]54)c3)CC2)C1. The largest absolute Gasteiger partial charge is 0.468 e. The van der Waals surface area contributed by atoms with Crippen LogP contribution in [0.15, 0.2) is 83.9 Å². The highest BCUT2D eigenvalue weighted by molar-refractivity contribution is 7.90. The Hall–Kier alpha value is -5.83. The van der Waals surface area contributed by atoms with Gasteiger partial charge in [0, 0.05) is 114 Å². The smallest absolute Gasteiger partial charge is 0.293 e. The van der Waals surface area contributed by atoms with Crippen LogP contribution in [0.4, 0.5) is 28.4 Å². The molecule has 3 aromatic carbocycles. The zero-order valence-corrected chi connectivity index (χ0v) is 45.2. The highest BCUT2D eigenvalue weighted by Crippen LogP contribution is 2.54. The highest BCUT2D eigenvalue weighted by atomic mass is 32.2. The average molecular weight is 1070 g/mol. The van der Waals surface area contributed by atoms with Crippen LogP contribution in [0, 0.1) is 27.4 Å². The maximum Gasteiger partial charge on any atom is 0.293 e. The van der Waals surface area contributed by atoms with Crippen LogP contribution in [0.3, 0.4) is 0 Å². The summed E-state index contributed by atoms with van der Waals surface area (Å²) in [5, 5.41) is 16.4. The lowest BCUT2D eigenvalue weighted by Gasteiger charge is -2.58. The number of aromatic nitrogens is 2. The molecule has 6 fully saturated rings. The van der Waals surface area contributed by atoms with Crippen molar-refractivity contribution in [2.75, 3.05) is 101 Å². The summed E-state index contributed by atoms with van der Waals surface area (Å²) in [7, 11) is -4.60. The Bertz CT molecular complexity index is 3070. The number of benzene rings is 3. The van der Waals surface area contributed by atoms with Crippen LogP contribution < -0.4 is 24.6 Å². The first-order chi connectivity index (χ1) is 37.4. The van der Waals surface area contributed by atoms with Crippen LogP contribution >= 0.6 is 0 Å². The molecule has 6 aliphatic heterocycles. The zero-order chi connectivity index (χ0) is 52.8. The zero-order valence-electron chi connectivity index (χ0n) is 44.4. The number of hydrogen-bond acceptors (Lipinski definition) is 15. The molecule has 3 atom stereocenters. The number of fused-ring (bicyclic) bond motifs is 3. The molecule has 0 bridgehead atoms. The number of nitrogens with one attached hydrogen (secondary N) is 3. The fourth-order valence-electron chi connectivity index (χ4n) is 13.7. The number of nitro benzene ring substituents is 1. The number of nitrogens with zero attached hydrogens (tertiary/aromatic N) is 6. The van der Waals surface area contributed by atoms with E-state index in [2.05, 4.69) is 72.7 Å². The molecule has 3 N–H and O–H groups in total. The van der Waals surface area contributed by atoms with Gasteiger partial charge >= 0.3 is 0 Å². The van der Waals surface area contributed by atoms with Crippen LogP contribution in [0.2, 0.25) is 0 Å². The number of H-pyrrole nitrogens is 1. The van der Waals surface area contributed by atoms with Crippen molar-refractivity contribution < 1.29 is 37.1 Å². The quantitative estimate of drug-likeness (QED) is 0.0704. The van der Waals surface area contributed by atoms with Gasteiger partial charge in [-0.1, -0.05) is 38.1 Å². The first kappa shape index (κ1) is 51.9. The molecule has 5 aromatic rings. The van der Waals surface area contributed by atoms with Gasteiger partial charge in [0.2, 0.25) is 5.88 Å². The van der Waals surface area contributed by atoms with Crippen LogP contribution in [0.5, 0.6) is 5.88 Å². The van der Waals surface area contributed by atoms with Crippen molar-refractivity contribution in [1.29, 1.82) is 0 Å². The lowest BCUT2D eigenvalue weighted by molar-refractivity contribution is -0.384. The van der Waals surface area contributed by atoms with Gasteiger partial charge in [-0.05, 0) is 135 Å². The van der Waals surface area contributed by atoms with Crippen molar-refractivity contribution >= 4 is 55.4 Å². The minimum absolute atomic E-state index is 0.130. The van der Waals surface area contributed by atoms with Gasteiger partial charge in [0.15, 0.2) is 0 Å². The van der Waals surface area contributed by atoms with E-state index >= 15 is 0 Å². The van der Waals surface area contributed by atoms with E-state index in [1.807, 2.05) is 30.5 Å². The Balaban J connectivity index is 0.805. The Morgan fingerprint density at radius 3 is 2.39 bits per heavy atom. The average Bonchev–Trinajstić information content (AvgIpc) is 3.98. The molecule has 0 unspecified atom stereocenters. The topological polar surface area (TPSA) is 197 Å². The second kappa shape index (κ2) is 21.8. The Labute approximate surface area is 451 Å². The number of aromatic amines is 1. The number of anilines is 4.